The first-order chi connectivity index (χ1) is 10.1. The highest BCUT2D eigenvalue weighted by atomic mass is 35.5. The molecule has 1 unspecified atom stereocenters. The van der Waals surface area contributed by atoms with Crippen LogP contribution in [0.1, 0.15) is 34.6 Å². The number of nitrogens with zero attached hydrogens (tertiary/aromatic N) is 3. The van der Waals surface area contributed by atoms with E-state index in [-0.39, 0.29) is 36.8 Å². The van der Waals surface area contributed by atoms with E-state index in [1.54, 1.807) is 17.5 Å². The molecule has 1 fully saturated rings. The zero-order chi connectivity index (χ0) is 15.0. The van der Waals surface area contributed by atoms with Crippen molar-refractivity contribution >= 4 is 42.1 Å². The molecule has 0 radical (unpaired) electrons. The van der Waals surface area contributed by atoms with Gasteiger partial charge in [0.1, 0.15) is 0 Å². The Balaban J connectivity index is 0.00000132. The largest absolute Gasteiger partial charge is 0.334 e. The van der Waals surface area contributed by atoms with E-state index in [1.807, 2.05) is 34.8 Å². The number of thiazole rings is 1. The van der Waals surface area contributed by atoms with Crippen molar-refractivity contribution in [3.63, 3.8) is 0 Å². The summed E-state index contributed by atoms with van der Waals surface area (Å²) in [5, 5.41) is 2.85. The monoisotopic (exact) mass is 376 g/mol. The fourth-order valence-electron chi connectivity index (χ4n) is 3.10. The highest BCUT2D eigenvalue weighted by molar-refractivity contribution is 7.12. The van der Waals surface area contributed by atoms with Crippen LogP contribution in [0.2, 0.25) is 0 Å². The molecule has 1 atom stereocenters. The molecule has 3 heterocycles. The fourth-order valence-corrected chi connectivity index (χ4v) is 3.85. The van der Waals surface area contributed by atoms with Gasteiger partial charge in [0.05, 0.1) is 5.56 Å². The first kappa shape index (κ1) is 20.0. The highest BCUT2D eigenvalue weighted by Crippen LogP contribution is 2.26. The second-order valence-electron chi connectivity index (χ2n) is 5.47. The third kappa shape index (κ3) is 3.55. The fraction of sp³-hybridized carbons (Fsp3) is 0.467. The molecule has 2 aromatic heterocycles. The molecule has 1 saturated heterocycles. The second-order valence-corrected chi connectivity index (χ2v) is 6.34. The van der Waals surface area contributed by atoms with Gasteiger partial charge >= 0.3 is 0 Å². The van der Waals surface area contributed by atoms with Crippen molar-refractivity contribution in [2.24, 2.45) is 5.73 Å². The highest BCUT2D eigenvalue weighted by Gasteiger charge is 2.30. The molecular formula is C15H22Cl2N4OS. The maximum atomic E-state index is 12.8. The molecule has 0 bridgehead atoms. The van der Waals surface area contributed by atoms with Gasteiger partial charge in [-0.1, -0.05) is 0 Å². The zero-order valence-electron chi connectivity index (χ0n) is 13.2. The molecule has 5 nitrogen and oxygen atoms in total. The number of hydrogen-bond acceptors (Lipinski definition) is 4. The van der Waals surface area contributed by atoms with E-state index in [9.17, 15) is 4.79 Å². The molecule has 1 aliphatic rings. The van der Waals surface area contributed by atoms with Crippen LogP contribution in [0.25, 0.3) is 5.13 Å². The summed E-state index contributed by atoms with van der Waals surface area (Å²) < 4.78 is 2.05. The van der Waals surface area contributed by atoms with Gasteiger partial charge in [0.25, 0.3) is 5.91 Å². The minimum atomic E-state index is 0. The van der Waals surface area contributed by atoms with Gasteiger partial charge < -0.3 is 10.6 Å². The molecule has 0 spiro atoms. The zero-order valence-corrected chi connectivity index (χ0v) is 15.6. The van der Waals surface area contributed by atoms with E-state index in [4.69, 9.17) is 5.73 Å². The summed E-state index contributed by atoms with van der Waals surface area (Å²) in [6.45, 7) is 5.34. The van der Waals surface area contributed by atoms with Gasteiger partial charge in [-0.2, -0.15) is 0 Å². The van der Waals surface area contributed by atoms with Crippen LogP contribution in [0.5, 0.6) is 0 Å². The van der Waals surface area contributed by atoms with Gasteiger partial charge in [0.2, 0.25) is 0 Å². The summed E-state index contributed by atoms with van der Waals surface area (Å²) in [5.74, 6) is 0.0962. The van der Waals surface area contributed by atoms with Crippen molar-refractivity contribution in [1.29, 1.82) is 0 Å². The number of hydrogen-bond donors (Lipinski definition) is 1. The molecule has 1 amide bonds. The third-order valence-corrected chi connectivity index (χ3v) is 4.94. The van der Waals surface area contributed by atoms with Gasteiger partial charge in [0.15, 0.2) is 5.13 Å². The lowest BCUT2D eigenvalue weighted by molar-refractivity contribution is 0.0740. The Kier molecular flexibility index (Phi) is 7.07. The van der Waals surface area contributed by atoms with Crippen molar-refractivity contribution in [1.82, 2.24) is 14.5 Å². The lowest BCUT2D eigenvalue weighted by Gasteiger charge is -2.23. The van der Waals surface area contributed by atoms with Crippen molar-refractivity contribution in [2.75, 3.05) is 13.1 Å². The summed E-state index contributed by atoms with van der Waals surface area (Å²) >= 11 is 1.57. The third-order valence-electron chi connectivity index (χ3n) is 4.18. The van der Waals surface area contributed by atoms with Crippen LogP contribution in [0.15, 0.2) is 17.6 Å². The molecular weight excluding hydrogens is 355 g/mol. The first-order valence-electron chi connectivity index (χ1n) is 7.23. The lowest BCUT2D eigenvalue weighted by atomic mass is 10.2. The molecule has 2 N–H and O–H groups in total. The van der Waals surface area contributed by atoms with Gasteiger partial charge in [-0.05, 0) is 32.8 Å². The summed E-state index contributed by atoms with van der Waals surface area (Å²) in [4.78, 5) is 19.1. The Morgan fingerprint density at radius 2 is 2.17 bits per heavy atom. The van der Waals surface area contributed by atoms with Crippen LogP contribution in [0.3, 0.4) is 0 Å². The van der Waals surface area contributed by atoms with Crippen LogP contribution in [0, 0.1) is 13.8 Å². The predicted molar refractivity (Wildman–Crippen MR) is 98.5 cm³/mol. The number of aromatic nitrogens is 2. The SMILES string of the molecule is Cc1cc(C(=O)N2CCCC2CN)c(C)n1-c1nccs1.Cl.Cl. The number of amides is 1. The Bertz CT molecular complexity index is 657. The molecule has 8 heteroatoms. The number of nitrogens with two attached hydrogens (primary N) is 1. The second kappa shape index (κ2) is 8.15. The molecule has 0 aromatic carbocycles. The van der Waals surface area contributed by atoms with E-state index in [2.05, 4.69) is 4.98 Å². The summed E-state index contributed by atoms with van der Waals surface area (Å²) in [7, 11) is 0. The maximum Gasteiger partial charge on any atom is 0.255 e. The quantitative estimate of drug-likeness (QED) is 0.895. The molecule has 128 valence electrons. The van der Waals surface area contributed by atoms with Gasteiger partial charge in [0, 0.05) is 42.1 Å². The van der Waals surface area contributed by atoms with Gasteiger partial charge in [-0.15, -0.1) is 36.2 Å². The average Bonchev–Trinajstić information content (AvgIpc) is 3.18. The maximum absolute atomic E-state index is 12.8. The number of carbonyl (C=O) groups is 1. The number of likely N-dealkylation sites (tertiary alicyclic amines) is 1. The van der Waals surface area contributed by atoms with E-state index >= 15 is 0 Å². The molecule has 2 aromatic rings. The number of halogens is 2. The van der Waals surface area contributed by atoms with Crippen LogP contribution in [0.4, 0.5) is 0 Å². The summed E-state index contributed by atoms with van der Waals surface area (Å²) in [5.41, 5.74) is 8.54. The van der Waals surface area contributed by atoms with Crippen LogP contribution in [-0.4, -0.2) is 39.5 Å². The van der Waals surface area contributed by atoms with E-state index < -0.39 is 0 Å². The van der Waals surface area contributed by atoms with Gasteiger partial charge in [-0.25, -0.2) is 4.98 Å². The Hall–Kier alpha value is -1.08. The average molecular weight is 377 g/mol. The Morgan fingerprint density at radius 1 is 1.43 bits per heavy atom. The number of aryl methyl sites for hydroxylation is 1. The standard InChI is InChI=1S/C15H20N4OS.2ClH/c1-10-8-13(11(2)19(10)15-17-5-7-21-15)14(20)18-6-3-4-12(18)9-16;;/h5,7-8,12H,3-4,6,9,16H2,1-2H3;2*1H. The van der Waals surface area contributed by atoms with E-state index in [0.29, 0.717) is 6.54 Å². The molecule has 0 aliphatic carbocycles. The summed E-state index contributed by atoms with van der Waals surface area (Å²) in [6, 6.07) is 2.14. The minimum absolute atomic E-state index is 0. The molecule has 3 rings (SSSR count). The van der Waals surface area contributed by atoms with Crippen molar-refractivity contribution in [2.45, 2.75) is 32.7 Å². The lowest BCUT2D eigenvalue weighted by Crippen LogP contribution is -2.40. The predicted octanol–water partition coefficient (Wildman–Crippen LogP) is 2.96. The topological polar surface area (TPSA) is 64.2 Å². The van der Waals surface area contributed by atoms with Crippen molar-refractivity contribution in [3.05, 3.63) is 34.6 Å². The van der Waals surface area contributed by atoms with Gasteiger partial charge in [-0.3, -0.25) is 9.36 Å². The smallest absolute Gasteiger partial charge is 0.255 e. The minimum Gasteiger partial charge on any atom is -0.334 e. The Morgan fingerprint density at radius 3 is 2.78 bits per heavy atom. The van der Waals surface area contributed by atoms with E-state index in [0.717, 1.165) is 41.5 Å². The molecule has 1 aliphatic heterocycles. The number of rotatable bonds is 3. The van der Waals surface area contributed by atoms with Crippen LogP contribution in [-0.2, 0) is 0 Å². The van der Waals surface area contributed by atoms with E-state index in [1.165, 1.54) is 0 Å². The first-order valence-corrected chi connectivity index (χ1v) is 8.11. The van der Waals surface area contributed by atoms with Crippen LogP contribution < -0.4 is 5.73 Å². The molecule has 0 saturated carbocycles. The normalized spacial score (nSPS) is 16.8. The Labute approximate surface area is 152 Å². The van der Waals surface area contributed by atoms with Crippen molar-refractivity contribution < 1.29 is 4.79 Å². The van der Waals surface area contributed by atoms with Crippen LogP contribution >= 0.6 is 36.2 Å². The molecule has 23 heavy (non-hydrogen) atoms. The van der Waals surface area contributed by atoms with Crippen molar-refractivity contribution in [3.8, 4) is 5.13 Å². The number of carbonyl (C=O) groups excluding carboxylic acids is 1. The summed E-state index contributed by atoms with van der Waals surface area (Å²) in [6.07, 6.45) is 3.83.